The lowest BCUT2D eigenvalue weighted by molar-refractivity contribution is -0.122. The summed E-state index contributed by atoms with van der Waals surface area (Å²) in [5, 5.41) is 0. The fourth-order valence-electron chi connectivity index (χ4n) is 2.46. The summed E-state index contributed by atoms with van der Waals surface area (Å²) in [6, 6.07) is 13.0. The Balaban J connectivity index is 1.77. The Bertz CT molecular complexity index is 767. The van der Waals surface area contributed by atoms with Crippen LogP contribution in [0.3, 0.4) is 0 Å². The summed E-state index contributed by atoms with van der Waals surface area (Å²) in [5.74, 6) is 0.0589. The Labute approximate surface area is 154 Å². The van der Waals surface area contributed by atoms with Gasteiger partial charge in [0.1, 0.15) is 5.75 Å². The second-order valence-electron chi connectivity index (χ2n) is 6.37. The summed E-state index contributed by atoms with van der Waals surface area (Å²) in [6.45, 7) is 4.22. The van der Waals surface area contributed by atoms with E-state index in [1.807, 2.05) is 51.0 Å². The number of nitrogens with zero attached hydrogens (tertiary/aromatic N) is 1. The molecule has 2 amide bonds. The van der Waals surface area contributed by atoms with Crippen molar-refractivity contribution in [3.8, 4) is 5.75 Å². The van der Waals surface area contributed by atoms with E-state index in [0.29, 0.717) is 5.56 Å². The highest BCUT2D eigenvalue weighted by Gasteiger charge is 2.09. The van der Waals surface area contributed by atoms with Crippen molar-refractivity contribution < 1.29 is 14.3 Å². The number of ether oxygens (including phenoxy) is 1. The highest BCUT2D eigenvalue weighted by Crippen LogP contribution is 2.16. The first kappa shape index (κ1) is 19.3. The second-order valence-corrected chi connectivity index (χ2v) is 6.37. The zero-order valence-corrected chi connectivity index (χ0v) is 15.6. The van der Waals surface area contributed by atoms with Crippen molar-refractivity contribution in [2.45, 2.75) is 20.3 Å². The molecule has 0 heterocycles. The van der Waals surface area contributed by atoms with Crippen LogP contribution < -0.4 is 20.5 Å². The predicted octanol–water partition coefficient (Wildman–Crippen LogP) is 2.60. The van der Waals surface area contributed by atoms with Gasteiger partial charge in [0, 0.05) is 25.3 Å². The molecule has 0 aliphatic rings. The highest BCUT2D eigenvalue weighted by molar-refractivity contribution is 5.96. The molecule has 0 aromatic heterocycles. The highest BCUT2D eigenvalue weighted by atomic mass is 16.5. The maximum Gasteiger partial charge on any atom is 0.269 e. The first-order valence-corrected chi connectivity index (χ1v) is 8.43. The molecule has 2 rings (SSSR count). The molecule has 0 aliphatic carbocycles. The van der Waals surface area contributed by atoms with Crippen molar-refractivity contribution in [3.05, 3.63) is 59.2 Å². The number of benzene rings is 2. The monoisotopic (exact) mass is 355 g/mol. The molecule has 138 valence electrons. The lowest BCUT2D eigenvalue weighted by Gasteiger charge is -2.14. The third-order valence-corrected chi connectivity index (χ3v) is 3.73. The molecular weight excluding hydrogens is 330 g/mol. The fourth-order valence-corrected chi connectivity index (χ4v) is 2.46. The standard InChI is InChI=1S/C20H25N3O3/c1-14-10-15(2)12-18(11-14)26-9-8-19(24)21-22-20(25)16-6-5-7-17(13-16)23(3)4/h5-7,10-13H,8-9H2,1-4H3,(H,21,24)(H,22,25). The number of hydrazine groups is 1. The number of aryl methyl sites for hydroxylation is 2. The Kier molecular flexibility index (Phi) is 6.60. The lowest BCUT2D eigenvalue weighted by Crippen LogP contribution is -2.42. The Morgan fingerprint density at radius 3 is 2.35 bits per heavy atom. The summed E-state index contributed by atoms with van der Waals surface area (Å²) in [5.41, 5.74) is 8.42. The zero-order chi connectivity index (χ0) is 19.1. The van der Waals surface area contributed by atoms with Gasteiger partial charge in [0.15, 0.2) is 0 Å². The molecule has 2 aromatic rings. The van der Waals surface area contributed by atoms with Gasteiger partial charge in [-0.25, -0.2) is 0 Å². The van der Waals surface area contributed by atoms with Gasteiger partial charge in [0.25, 0.3) is 5.91 Å². The maximum atomic E-state index is 12.1. The molecule has 2 N–H and O–H groups in total. The van der Waals surface area contributed by atoms with E-state index in [-0.39, 0.29) is 24.8 Å². The van der Waals surface area contributed by atoms with Crippen molar-refractivity contribution in [1.29, 1.82) is 0 Å². The van der Waals surface area contributed by atoms with Crippen LogP contribution in [0.2, 0.25) is 0 Å². The van der Waals surface area contributed by atoms with Crippen LogP contribution in [-0.2, 0) is 4.79 Å². The van der Waals surface area contributed by atoms with Crippen LogP contribution in [0, 0.1) is 13.8 Å². The molecule has 6 nitrogen and oxygen atoms in total. The van der Waals surface area contributed by atoms with Gasteiger partial charge in [-0.2, -0.15) is 0 Å². The zero-order valence-electron chi connectivity index (χ0n) is 15.6. The summed E-state index contributed by atoms with van der Waals surface area (Å²) in [7, 11) is 3.79. The molecule has 2 aromatic carbocycles. The van der Waals surface area contributed by atoms with Gasteiger partial charge in [-0.05, 0) is 55.3 Å². The van der Waals surface area contributed by atoms with Crippen LogP contribution in [0.5, 0.6) is 5.75 Å². The van der Waals surface area contributed by atoms with Crippen molar-refractivity contribution in [1.82, 2.24) is 10.9 Å². The van der Waals surface area contributed by atoms with Crippen LogP contribution in [0.4, 0.5) is 5.69 Å². The van der Waals surface area contributed by atoms with E-state index in [4.69, 9.17) is 4.74 Å². The largest absolute Gasteiger partial charge is 0.493 e. The van der Waals surface area contributed by atoms with Crippen LogP contribution >= 0.6 is 0 Å². The summed E-state index contributed by atoms with van der Waals surface area (Å²) >= 11 is 0. The number of carbonyl (C=O) groups is 2. The number of anilines is 1. The lowest BCUT2D eigenvalue weighted by atomic mass is 10.1. The van der Waals surface area contributed by atoms with Crippen molar-refractivity contribution in [2.75, 3.05) is 25.6 Å². The molecule has 0 fully saturated rings. The molecular formula is C20H25N3O3. The maximum absolute atomic E-state index is 12.1. The Hall–Kier alpha value is -3.02. The number of hydrogen-bond acceptors (Lipinski definition) is 4. The second kappa shape index (κ2) is 8.89. The molecule has 0 atom stereocenters. The first-order valence-electron chi connectivity index (χ1n) is 8.43. The van der Waals surface area contributed by atoms with Gasteiger partial charge < -0.3 is 9.64 Å². The summed E-state index contributed by atoms with van der Waals surface area (Å²) < 4.78 is 5.59. The van der Waals surface area contributed by atoms with E-state index in [0.717, 1.165) is 22.6 Å². The van der Waals surface area contributed by atoms with Gasteiger partial charge in [0.2, 0.25) is 5.91 Å². The van der Waals surface area contributed by atoms with Crippen molar-refractivity contribution in [3.63, 3.8) is 0 Å². The number of rotatable bonds is 6. The first-order chi connectivity index (χ1) is 12.3. The van der Waals surface area contributed by atoms with E-state index in [1.54, 1.807) is 18.2 Å². The van der Waals surface area contributed by atoms with E-state index in [2.05, 4.69) is 16.9 Å². The Morgan fingerprint density at radius 1 is 1.00 bits per heavy atom. The third kappa shape index (κ3) is 5.81. The molecule has 0 saturated heterocycles. The van der Waals surface area contributed by atoms with Crippen LogP contribution in [0.1, 0.15) is 27.9 Å². The molecule has 26 heavy (non-hydrogen) atoms. The Morgan fingerprint density at radius 2 is 1.69 bits per heavy atom. The van der Waals surface area contributed by atoms with E-state index < -0.39 is 0 Å². The van der Waals surface area contributed by atoms with E-state index in [9.17, 15) is 9.59 Å². The minimum absolute atomic E-state index is 0.144. The summed E-state index contributed by atoms with van der Waals surface area (Å²) in [6.07, 6.45) is 0.144. The number of hydrogen-bond donors (Lipinski definition) is 2. The summed E-state index contributed by atoms with van der Waals surface area (Å²) in [4.78, 5) is 25.9. The minimum atomic E-state index is -0.364. The van der Waals surface area contributed by atoms with Gasteiger partial charge in [-0.1, -0.05) is 12.1 Å². The number of amides is 2. The molecule has 0 saturated carbocycles. The molecule has 6 heteroatoms. The normalized spacial score (nSPS) is 10.2. The average Bonchev–Trinajstić information content (AvgIpc) is 2.59. The van der Waals surface area contributed by atoms with Gasteiger partial charge in [0.05, 0.1) is 13.0 Å². The quantitative estimate of drug-likeness (QED) is 0.782. The van der Waals surface area contributed by atoms with Crippen LogP contribution in [0.25, 0.3) is 0 Å². The van der Waals surface area contributed by atoms with Crippen LogP contribution in [-0.4, -0.2) is 32.5 Å². The van der Waals surface area contributed by atoms with Gasteiger partial charge in [-0.3, -0.25) is 20.4 Å². The fraction of sp³-hybridized carbons (Fsp3) is 0.300. The van der Waals surface area contributed by atoms with Crippen LogP contribution in [0.15, 0.2) is 42.5 Å². The SMILES string of the molecule is Cc1cc(C)cc(OCCC(=O)NNC(=O)c2cccc(N(C)C)c2)c1. The van der Waals surface area contributed by atoms with E-state index in [1.165, 1.54) is 0 Å². The smallest absolute Gasteiger partial charge is 0.269 e. The minimum Gasteiger partial charge on any atom is -0.493 e. The average molecular weight is 355 g/mol. The molecule has 0 aliphatic heterocycles. The topological polar surface area (TPSA) is 70.7 Å². The van der Waals surface area contributed by atoms with Gasteiger partial charge in [-0.15, -0.1) is 0 Å². The third-order valence-electron chi connectivity index (χ3n) is 3.73. The van der Waals surface area contributed by atoms with Gasteiger partial charge >= 0.3 is 0 Å². The molecule has 0 radical (unpaired) electrons. The van der Waals surface area contributed by atoms with E-state index >= 15 is 0 Å². The van der Waals surface area contributed by atoms with Crippen molar-refractivity contribution in [2.24, 2.45) is 0 Å². The number of nitrogens with one attached hydrogen (secondary N) is 2. The molecule has 0 spiro atoms. The van der Waals surface area contributed by atoms with Crippen molar-refractivity contribution >= 4 is 17.5 Å². The molecule has 0 bridgehead atoms. The molecule has 0 unspecified atom stereocenters. The number of carbonyl (C=O) groups excluding carboxylic acids is 2. The predicted molar refractivity (Wildman–Crippen MR) is 102 cm³/mol.